The molecule has 2 heterocycles. The number of thiazole rings is 1. The van der Waals surface area contributed by atoms with E-state index >= 15 is 0 Å². The largest absolute Gasteiger partial charge is 0.441 e. The molecule has 32 heavy (non-hydrogen) atoms. The van der Waals surface area contributed by atoms with Gasteiger partial charge in [0.25, 0.3) is 0 Å². The smallest absolute Gasteiger partial charge is 0.226 e. The van der Waals surface area contributed by atoms with Crippen LogP contribution < -0.4 is 10.6 Å². The summed E-state index contributed by atoms with van der Waals surface area (Å²) in [6.07, 6.45) is 2.24. The lowest BCUT2D eigenvalue weighted by Gasteiger charge is -2.03. The van der Waals surface area contributed by atoms with E-state index in [-0.39, 0.29) is 18.2 Å². The molecule has 2 aromatic heterocycles. The maximum Gasteiger partial charge on any atom is 0.226 e. The molecule has 162 valence electrons. The number of halogens is 1. The highest BCUT2D eigenvalue weighted by molar-refractivity contribution is 7.14. The van der Waals surface area contributed by atoms with Crippen molar-refractivity contribution in [2.75, 3.05) is 10.6 Å². The number of amides is 2. The molecule has 0 spiro atoms. The van der Waals surface area contributed by atoms with Crippen molar-refractivity contribution in [1.82, 2.24) is 9.97 Å². The Morgan fingerprint density at radius 2 is 1.75 bits per heavy atom. The summed E-state index contributed by atoms with van der Waals surface area (Å²) >= 11 is 7.25. The molecule has 0 bridgehead atoms. The molecule has 0 radical (unpaired) electrons. The number of anilines is 2. The van der Waals surface area contributed by atoms with Gasteiger partial charge in [0.2, 0.25) is 11.8 Å². The zero-order valence-electron chi connectivity index (χ0n) is 17.1. The Morgan fingerprint density at radius 1 is 1.03 bits per heavy atom. The first kappa shape index (κ1) is 21.7. The summed E-state index contributed by atoms with van der Waals surface area (Å²) in [4.78, 5) is 32.2. The van der Waals surface area contributed by atoms with Gasteiger partial charge in [-0.25, -0.2) is 9.97 Å². The first-order valence-corrected chi connectivity index (χ1v) is 11.1. The highest BCUT2D eigenvalue weighted by Crippen LogP contribution is 2.26. The van der Waals surface area contributed by atoms with Crippen LogP contribution >= 0.6 is 22.9 Å². The number of benzene rings is 2. The summed E-state index contributed by atoms with van der Waals surface area (Å²) in [5.41, 5.74) is 3.24. The highest BCUT2D eigenvalue weighted by atomic mass is 35.5. The standard InChI is InChI=1S/C23H19ClN4O3S/c1-14(29)26-18-8-4-15(5-9-18)19-13-32-23(27-19)28-21(30)10-11-22-25-12-20(31-22)16-2-6-17(24)7-3-16/h2-9,12-13H,10-11H2,1H3,(H,26,29)(H,27,28,30). The third-order valence-electron chi connectivity index (χ3n) is 4.50. The van der Waals surface area contributed by atoms with Gasteiger partial charge >= 0.3 is 0 Å². The normalized spacial score (nSPS) is 10.7. The minimum Gasteiger partial charge on any atom is -0.441 e. The number of nitrogens with one attached hydrogen (secondary N) is 2. The summed E-state index contributed by atoms with van der Waals surface area (Å²) in [7, 11) is 0. The minimum atomic E-state index is -0.168. The van der Waals surface area contributed by atoms with Crippen LogP contribution in [0.25, 0.3) is 22.6 Å². The number of carbonyl (C=O) groups excluding carboxylic acids is 2. The molecule has 0 saturated heterocycles. The molecule has 0 saturated carbocycles. The molecule has 2 N–H and O–H groups in total. The third kappa shape index (κ3) is 5.60. The van der Waals surface area contributed by atoms with Crippen molar-refractivity contribution < 1.29 is 14.0 Å². The van der Waals surface area contributed by atoms with Gasteiger partial charge in [0.05, 0.1) is 11.9 Å². The van der Waals surface area contributed by atoms with Crippen molar-refractivity contribution >= 4 is 45.6 Å². The van der Waals surface area contributed by atoms with Crippen LogP contribution in [-0.4, -0.2) is 21.8 Å². The molecule has 0 aliphatic rings. The van der Waals surface area contributed by atoms with E-state index < -0.39 is 0 Å². The van der Waals surface area contributed by atoms with Crippen LogP contribution in [0.1, 0.15) is 19.2 Å². The molecule has 0 aliphatic heterocycles. The Labute approximate surface area is 193 Å². The number of aryl methyl sites for hydroxylation is 1. The Bertz CT molecular complexity index is 1230. The monoisotopic (exact) mass is 466 g/mol. The molecular formula is C23H19ClN4O3S. The number of carbonyl (C=O) groups is 2. The summed E-state index contributed by atoms with van der Waals surface area (Å²) in [6, 6.07) is 14.6. The lowest BCUT2D eigenvalue weighted by Crippen LogP contribution is -2.12. The highest BCUT2D eigenvalue weighted by Gasteiger charge is 2.12. The third-order valence-corrected chi connectivity index (χ3v) is 5.51. The summed E-state index contributed by atoms with van der Waals surface area (Å²) < 4.78 is 5.73. The second kappa shape index (κ2) is 9.76. The topological polar surface area (TPSA) is 97.1 Å². The van der Waals surface area contributed by atoms with Gasteiger partial charge < -0.3 is 15.1 Å². The molecule has 4 aromatic rings. The van der Waals surface area contributed by atoms with Crippen LogP contribution in [0.5, 0.6) is 0 Å². The van der Waals surface area contributed by atoms with Crippen LogP contribution in [0.4, 0.5) is 10.8 Å². The van der Waals surface area contributed by atoms with Gasteiger partial charge in [-0.15, -0.1) is 11.3 Å². The molecule has 2 aromatic carbocycles. The number of oxazole rings is 1. The van der Waals surface area contributed by atoms with E-state index in [4.69, 9.17) is 16.0 Å². The summed E-state index contributed by atoms with van der Waals surface area (Å²) in [5.74, 6) is 0.829. The average Bonchev–Trinajstić information content (AvgIpc) is 3.43. The Balaban J connectivity index is 1.31. The van der Waals surface area contributed by atoms with Crippen LogP contribution in [0.2, 0.25) is 5.02 Å². The minimum absolute atomic E-state index is 0.123. The Morgan fingerprint density at radius 3 is 2.47 bits per heavy atom. The average molecular weight is 467 g/mol. The summed E-state index contributed by atoms with van der Waals surface area (Å²) in [6.45, 7) is 1.46. The molecular weight excluding hydrogens is 448 g/mol. The number of aromatic nitrogens is 2. The van der Waals surface area contributed by atoms with Crippen LogP contribution in [0.15, 0.2) is 64.5 Å². The predicted octanol–water partition coefficient (Wildman–Crippen LogP) is 5.65. The zero-order valence-corrected chi connectivity index (χ0v) is 18.7. The second-order valence-corrected chi connectivity index (χ2v) is 8.26. The molecule has 4 rings (SSSR count). The van der Waals surface area contributed by atoms with Gasteiger partial charge in [-0.3, -0.25) is 9.59 Å². The molecule has 2 amide bonds. The van der Waals surface area contributed by atoms with Gasteiger partial charge in [-0.05, 0) is 36.4 Å². The van der Waals surface area contributed by atoms with E-state index in [1.807, 2.05) is 41.8 Å². The van der Waals surface area contributed by atoms with Gasteiger partial charge in [0.15, 0.2) is 16.8 Å². The predicted molar refractivity (Wildman–Crippen MR) is 126 cm³/mol. The van der Waals surface area contributed by atoms with E-state index in [0.717, 1.165) is 22.5 Å². The number of hydrogen-bond acceptors (Lipinski definition) is 6. The van der Waals surface area contributed by atoms with Gasteiger partial charge in [0, 0.05) is 47.0 Å². The Hall–Kier alpha value is -3.49. The lowest BCUT2D eigenvalue weighted by atomic mass is 10.1. The van der Waals surface area contributed by atoms with E-state index in [1.165, 1.54) is 18.3 Å². The maximum atomic E-state index is 12.3. The van der Waals surface area contributed by atoms with Crippen molar-refractivity contribution in [3.63, 3.8) is 0 Å². The maximum absolute atomic E-state index is 12.3. The quantitative estimate of drug-likeness (QED) is 0.367. The van der Waals surface area contributed by atoms with Crippen LogP contribution in [-0.2, 0) is 16.0 Å². The zero-order chi connectivity index (χ0) is 22.5. The van der Waals surface area contributed by atoms with Gasteiger partial charge in [-0.2, -0.15) is 0 Å². The van der Waals surface area contributed by atoms with E-state index in [0.29, 0.717) is 28.2 Å². The molecule has 0 atom stereocenters. The van der Waals surface area contributed by atoms with Gasteiger partial charge in [-0.1, -0.05) is 23.7 Å². The van der Waals surface area contributed by atoms with E-state index in [1.54, 1.807) is 18.3 Å². The first-order chi connectivity index (χ1) is 15.5. The van der Waals surface area contributed by atoms with Crippen molar-refractivity contribution in [2.45, 2.75) is 19.8 Å². The number of rotatable bonds is 7. The van der Waals surface area contributed by atoms with Gasteiger partial charge in [0.1, 0.15) is 0 Å². The lowest BCUT2D eigenvalue weighted by molar-refractivity contribution is -0.116. The molecule has 7 nitrogen and oxygen atoms in total. The second-order valence-electron chi connectivity index (χ2n) is 6.97. The SMILES string of the molecule is CC(=O)Nc1ccc(-c2csc(NC(=O)CCc3ncc(-c4ccc(Cl)cc4)o3)n2)cc1. The number of hydrogen-bond donors (Lipinski definition) is 2. The number of nitrogens with zero attached hydrogens (tertiary/aromatic N) is 2. The van der Waals surface area contributed by atoms with Crippen molar-refractivity contribution in [1.29, 1.82) is 0 Å². The molecule has 0 fully saturated rings. The molecule has 0 aliphatic carbocycles. The van der Waals surface area contributed by atoms with Crippen LogP contribution in [0.3, 0.4) is 0 Å². The molecule has 0 unspecified atom stereocenters. The van der Waals surface area contributed by atoms with Crippen molar-refractivity contribution in [2.24, 2.45) is 0 Å². The summed E-state index contributed by atoms with van der Waals surface area (Å²) in [5, 5.41) is 8.57. The van der Waals surface area contributed by atoms with Crippen molar-refractivity contribution in [3.8, 4) is 22.6 Å². The fourth-order valence-electron chi connectivity index (χ4n) is 2.97. The fraction of sp³-hybridized carbons (Fsp3) is 0.130. The van der Waals surface area contributed by atoms with E-state index in [9.17, 15) is 9.59 Å². The molecule has 9 heteroatoms. The Kier molecular flexibility index (Phi) is 6.63. The van der Waals surface area contributed by atoms with Crippen LogP contribution in [0, 0.1) is 0 Å². The fourth-order valence-corrected chi connectivity index (χ4v) is 3.83. The van der Waals surface area contributed by atoms with E-state index in [2.05, 4.69) is 20.6 Å². The van der Waals surface area contributed by atoms with Crippen molar-refractivity contribution in [3.05, 3.63) is 71.0 Å². The first-order valence-electron chi connectivity index (χ1n) is 9.80.